The molecule has 1 aromatic carbocycles. The van der Waals surface area contributed by atoms with Crippen molar-refractivity contribution in [3.63, 3.8) is 0 Å². The Balaban J connectivity index is 2.35. The Morgan fingerprint density at radius 2 is 2.00 bits per heavy atom. The molecule has 0 radical (unpaired) electrons. The van der Waals surface area contributed by atoms with E-state index in [9.17, 15) is 0 Å². The van der Waals surface area contributed by atoms with Crippen LogP contribution in [0.4, 0.5) is 0 Å². The number of likely N-dealkylation sites (N-methyl/N-ethyl adjacent to an activating group) is 1. The van der Waals surface area contributed by atoms with Gasteiger partial charge in [0.25, 0.3) is 0 Å². The van der Waals surface area contributed by atoms with Gasteiger partial charge < -0.3 is 14.4 Å². The lowest BCUT2D eigenvalue weighted by atomic mass is 9.99. The predicted molar refractivity (Wildman–Crippen MR) is 64.2 cm³/mol. The first-order chi connectivity index (χ1) is 7.74. The molecule has 0 unspecified atom stereocenters. The Bertz CT molecular complexity index is 361. The van der Waals surface area contributed by atoms with Gasteiger partial charge in [0.15, 0.2) is 11.5 Å². The first-order valence-corrected chi connectivity index (χ1v) is 5.75. The molecule has 0 spiro atoms. The Morgan fingerprint density at radius 3 is 2.69 bits per heavy atom. The SMILES string of the molecule is CCOc1cc2c(cc1OC)CN(C)CC2. The highest BCUT2D eigenvalue weighted by atomic mass is 16.5. The van der Waals surface area contributed by atoms with Crippen molar-refractivity contribution >= 4 is 0 Å². The number of ether oxygens (including phenoxy) is 2. The van der Waals surface area contributed by atoms with Crippen molar-refractivity contribution in [3.8, 4) is 11.5 Å². The van der Waals surface area contributed by atoms with Gasteiger partial charge in [0.1, 0.15) is 0 Å². The van der Waals surface area contributed by atoms with Crippen molar-refractivity contribution in [2.45, 2.75) is 19.9 Å². The summed E-state index contributed by atoms with van der Waals surface area (Å²) in [4.78, 5) is 2.32. The monoisotopic (exact) mass is 221 g/mol. The topological polar surface area (TPSA) is 21.7 Å². The summed E-state index contributed by atoms with van der Waals surface area (Å²) in [6.07, 6.45) is 1.09. The normalized spacial score (nSPS) is 15.7. The molecule has 0 aliphatic carbocycles. The zero-order valence-electron chi connectivity index (χ0n) is 10.2. The second-order valence-corrected chi connectivity index (χ2v) is 4.19. The summed E-state index contributed by atoms with van der Waals surface area (Å²) in [5.74, 6) is 1.71. The van der Waals surface area contributed by atoms with E-state index in [1.807, 2.05) is 6.92 Å². The number of benzene rings is 1. The van der Waals surface area contributed by atoms with Crippen LogP contribution in [-0.2, 0) is 13.0 Å². The number of hydrogen-bond acceptors (Lipinski definition) is 3. The molecule has 0 saturated heterocycles. The minimum absolute atomic E-state index is 0.676. The highest BCUT2D eigenvalue weighted by molar-refractivity contribution is 5.48. The van der Waals surface area contributed by atoms with Gasteiger partial charge in [-0.15, -0.1) is 0 Å². The quantitative estimate of drug-likeness (QED) is 0.780. The standard InChI is InChI=1S/C13H19NO2/c1-4-16-13-7-10-5-6-14(2)9-11(10)8-12(13)15-3/h7-8H,4-6,9H2,1-3H3. The number of methoxy groups -OCH3 is 1. The van der Waals surface area contributed by atoms with Gasteiger partial charge in [0.05, 0.1) is 13.7 Å². The van der Waals surface area contributed by atoms with E-state index < -0.39 is 0 Å². The van der Waals surface area contributed by atoms with Crippen molar-refractivity contribution in [1.82, 2.24) is 4.90 Å². The number of nitrogens with zero attached hydrogens (tertiary/aromatic N) is 1. The zero-order chi connectivity index (χ0) is 11.5. The van der Waals surface area contributed by atoms with Gasteiger partial charge in [-0.2, -0.15) is 0 Å². The second-order valence-electron chi connectivity index (χ2n) is 4.19. The molecule has 2 rings (SSSR count). The Hall–Kier alpha value is -1.22. The van der Waals surface area contributed by atoms with Crippen molar-refractivity contribution < 1.29 is 9.47 Å². The Morgan fingerprint density at radius 1 is 1.25 bits per heavy atom. The van der Waals surface area contributed by atoms with Crippen LogP contribution < -0.4 is 9.47 Å². The average Bonchev–Trinajstić information content (AvgIpc) is 2.29. The molecule has 0 atom stereocenters. The molecular weight excluding hydrogens is 202 g/mol. The van der Waals surface area contributed by atoms with Gasteiger partial charge in [-0.3, -0.25) is 0 Å². The maximum absolute atomic E-state index is 5.58. The molecule has 0 N–H and O–H groups in total. The summed E-state index contributed by atoms with van der Waals surface area (Å²) in [5, 5.41) is 0. The molecule has 1 aliphatic rings. The van der Waals surface area contributed by atoms with Crippen LogP contribution in [0, 0.1) is 0 Å². The molecule has 0 fully saturated rings. The first-order valence-electron chi connectivity index (χ1n) is 5.75. The van der Waals surface area contributed by atoms with Crippen molar-refractivity contribution in [1.29, 1.82) is 0 Å². The van der Waals surface area contributed by atoms with E-state index in [-0.39, 0.29) is 0 Å². The fourth-order valence-electron chi connectivity index (χ4n) is 2.13. The Kier molecular flexibility index (Phi) is 3.34. The third kappa shape index (κ3) is 2.14. The minimum Gasteiger partial charge on any atom is -0.493 e. The first kappa shape index (κ1) is 11.3. The average molecular weight is 221 g/mol. The van der Waals surface area contributed by atoms with E-state index in [0.29, 0.717) is 6.61 Å². The summed E-state index contributed by atoms with van der Waals surface area (Å²) in [5.41, 5.74) is 2.75. The molecule has 1 aromatic rings. The van der Waals surface area contributed by atoms with Crippen LogP contribution >= 0.6 is 0 Å². The third-order valence-corrected chi connectivity index (χ3v) is 2.99. The molecule has 0 amide bonds. The fraction of sp³-hybridized carbons (Fsp3) is 0.538. The Labute approximate surface area is 97.0 Å². The predicted octanol–water partition coefficient (Wildman–Crippen LogP) is 2.08. The van der Waals surface area contributed by atoms with E-state index in [0.717, 1.165) is 31.0 Å². The number of fused-ring (bicyclic) bond motifs is 1. The summed E-state index contributed by atoms with van der Waals surface area (Å²) >= 11 is 0. The van der Waals surface area contributed by atoms with Crippen molar-refractivity contribution in [2.75, 3.05) is 27.3 Å². The lowest BCUT2D eigenvalue weighted by Gasteiger charge is -2.26. The van der Waals surface area contributed by atoms with Crippen LogP contribution in [0.2, 0.25) is 0 Å². The number of hydrogen-bond donors (Lipinski definition) is 0. The van der Waals surface area contributed by atoms with Gasteiger partial charge in [-0.25, -0.2) is 0 Å². The molecule has 3 heteroatoms. The van der Waals surface area contributed by atoms with Gasteiger partial charge in [0.2, 0.25) is 0 Å². The highest BCUT2D eigenvalue weighted by Crippen LogP contribution is 2.33. The fourth-order valence-corrected chi connectivity index (χ4v) is 2.13. The van der Waals surface area contributed by atoms with E-state index in [2.05, 4.69) is 24.1 Å². The summed E-state index contributed by atoms with van der Waals surface area (Å²) in [7, 11) is 3.84. The van der Waals surface area contributed by atoms with Crippen LogP contribution in [0.1, 0.15) is 18.1 Å². The van der Waals surface area contributed by atoms with Gasteiger partial charge in [-0.05, 0) is 43.7 Å². The zero-order valence-corrected chi connectivity index (χ0v) is 10.2. The molecule has 88 valence electrons. The molecule has 1 aliphatic heterocycles. The van der Waals surface area contributed by atoms with Gasteiger partial charge in [0, 0.05) is 13.1 Å². The molecule has 16 heavy (non-hydrogen) atoms. The van der Waals surface area contributed by atoms with E-state index in [1.165, 1.54) is 11.1 Å². The van der Waals surface area contributed by atoms with Crippen molar-refractivity contribution in [2.24, 2.45) is 0 Å². The second kappa shape index (κ2) is 4.74. The third-order valence-electron chi connectivity index (χ3n) is 2.99. The maximum atomic E-state index is 5.58. The lowest BCUT2D eigenvalue weighted by Crippen LogP contribution is -2.26. The van der Waals surface area contributed by atoms with Crippen LogP contribution in [0.5, 0.6) is 11.5 Å². The molecule has 1 heterocycles. The molecular formula is C13H19NO2. The van der Waals surface area contributed by atoms with E-state index in [1.54, 1.807) is 7.11 Å². The molecule has 0 bridgehead atoms. The lowest BCUT2D eigenvalue weighted by molar-refractivity contribution is 0.297. The molecule has 0 saturated carbocycles. The van der Waals surface area contributed by atoms with Crippen LogP contribution in [0.3, 0.4) is 0 Å². The van der Waals surface area contributed by atoms with Crippen molar-refractivity contribution in [3.05, 3.63) is 23.3 Å². The molecule has 3 nitrogen and oxygen atoms in total. The minimum atomic E-state index is 0.676. The van der Waals surface area contributed by atoms with Crippen LogP contribution in [0.15, 0.2) is 12.1 Å². The van der Waals surface area contributed by atoms with Crippen LogP contribution in [0.25, 0.3) is 0 Å². The van der Waals surface area contributed by atoms with E-state index >= 15 is 0 Å². The summed E-state index contributed by atoms with van der Waals surface area (Å²) in [6, 6.07) is 4.24. The highest BCUT2D eigenvalue weighted by Gasteiger charge is 2.16. The largest absolute Gasteiger partial charge is 0.493 e. The smallest absolute Gasteiger partial charge is 0.161 e. The van der Waals surface area contributed by atoms with E-state index in [4.69, 9.17) is 9.47 Å². The summed E-state index contributed by atoms with van der Waals surface area (Å²) in [6.45, 7) is 4.78. The van der Waals surface area contributed by atoms with Crippen LogP contribution in [-0.4, -0.2) is 32.2 Å². The molecule has 0 aromatic heterocycles. The van der Waals surface area contributed by atoms with Gasteiger partial charge in [-0.1, -0.05) is 0 Å². The maximum Gasteiger partial charge on any atom is 0.161 e. The van der Waals surface area contributed by atoms with Gasteiger partial charge >= 0.3 is 0 Å². The summed E-state index contributed by atoms with van der Waals surface area (Å²) < 4.78 is 10.9. The number of rotatable bonds is 3.